The minimum atomic E-state index is -3.93. The number of ether oxygens (including phenoxy) is 1. The highest BCUT2D eigenvalue weighted by atomic mass is 32.2. The number of aromatic nitrogens is 3. The summed E-state index contributed by atoms with van der Waals surface area (Å²) in [6.45, 7) is 5.30. The van der Waals surface area contributed by atoms with Crippen molar-refractivity contribution in [2.75, 3.05) is 7.11 Å². The Bertz CT molecular complexity index is 1300. The Balaban J connectivity index is 1.71. The zero-order chi connectivity index (χ0) is 22.2. The maximum Gasteiger partial charge on any atom is 0.344 e. The molecule has 0 bridgehead atoms. The van der Waals surface area contributed by atoms with Crippen molar-refractivity contribution in [1.29, 1.82) is 0 Å². The van der Waals surface area contributed by atoms with Crippen molar-refractivity contribution in [2.45, 2.75) is 27.3 Å². The molecule has 0 fully saturated rings. The second-order valence-electron chi connectivity index (χ2n) is 7.08. The molecular weight excluding hydrogens is 418 g/mol. The summed E-state index contributed by atoms with van der Waals surface area (Å²) in [4.78, 5) is 8.81. The average Bonchev–Trinajstić information content (AvgIpc) is 3.22. The Kier molecular flexibility index (Phi) is 5.32. The van der Waals surface area contributed by atoms with Crippen LogP contribution in [-0.2, 0) is 16.8 Å². The zero-order valence-corrected chi connectivity index (χ0v) is 18.3. The molecule has 0 saturated carbocycles. The van der Waals surface area contributed by atoms with E-state index in [1.165, 1.54) is 6.20 Å². The van der Waals surface area contributed by atoms with Crippen LogP contribution in [0.3, 0.4) is 0 Å². The third-order valence-electron chi connectivity index (χ3n) is 4.96. The van der Waals surface area contributed by atoms with Crippen LogP contribution in [0.15, 0.2) is 51.6 Å². The zero-order valence-electron chi connectivity index (χ0n) is 17.5. The van der Waals surface area contributed by atoms with Crippen LogP contribution in [0, 0.1) is 13.8 Å². The highest BCUT2D eigenvalue weighted by Crippen LogP contribution is 2.29. The topological polar surface area (TPSA) is 111 Å². The van der Waals surface area contributed by atoms with Crippen molar-refractivity contribution >= 4 is 21.5 Å². The van der Waals surface area contributed by atoms with Gasteiger partial charge in [0, 0.05) is 29.1 Å². The maximum absolute atomic E-state index is 12.7. The van der Waals surface area contributed by atoms with Gasteiger partial charge in [0.2, 0.25) is 5.82 Å². The van der Waals surface area contributed by atoms with Gasteiger partial charge >= 0.3 is 10.2 Å². The molecule has 9 nitrogen and oxygen atoms in total. The van der Waals surface area contributed by atoms with E-state index >= 15 is 0 Å². The molecule has 31 heavy (non-hydrogen) atoms. The number of methoxy groups -OCH3 is 1. The van der Waals surface area contributed by atoms with E-state index in [4.69, 9.17) is 9.26 Å². The fourth-order valence-electron chi connectivity index (χ4n) is 3.33. The summed E-state index contributed by atoms with van der Waals surface area (Å²) in [6.07, 6.45) is 3.11. The Morgan fingerprint density at radius 2 is 1.87 bits per heavy atom. The third kappa shape index (κ3) is 3.93. The molecule has 0 atom stereocenters. The standard InChI is InChI=1S/C21H21N5O4S/c1-13-10-22-18(14(2)19(13)29-4)12-26-11-17(15(3)25-31(26,27)28)21-23-20(24-30-21)16-8-6-5-7-9-16/h5-11H,12H2,1-4H3. The van der Waals surface area contributed by atoms with Crippen molar-refractivity contribution in [3.8, 4) is 17.1 Å². The summed E-state index contributed by atoms with van der Waals surface area (Å²) in [5.41, 5.74) is 3.69. The lowest BCUT2D eigenvalue weighted by atomic mass is 10.1. The van der Waals surface area contributed by atoms with Crippen LogP contribution in [0.4, 0.5) is 0 Å². The monoisotopic (exact) mass is 439 g/mol. The summed E-state index contributed by atoms with van der Waals surface area (Å²) < 4.78 is 41.2. The van der Waals surface area contributed by atoms with Gasteiger partial charge in [0.1, 0.15) is 5.75 Å². The smallest absolute Gasteiger partial charge is 0.344 e. The van der Waals surface area contributed by atoms with Gasteiger partial charge < -0.3 is 9.26 Å². The van der Waals surface area contributed by atoms with Gasteiger partial charge in [-0.3, -0.25) is 9.29 Å². The second kappa shape index (κ2) is 7.95. The maximum atomic E-state index is 12.7. The molecule has 3 aromatic rings. The summed E-state index contributed by atoms with van der Waals surface area (Å²) >= 11 is 0. The van der Waals surface area contributed by atoms with E-state index in [0.29, 0.717) is 22.8 Å². The van der Waals surface area contributed by atoms with Gasteiger partial charge in [-0.05, 0) is 20.8 Å². The van der Waals surface area contributed by atoms with Crippen LogP contribution in [-0.4, -0.2) is 40.7 Å². The average molecular weight is 439 g/mol. The predicted molar refractivity (Wildman–Crippen MR) is 116 cm³/mol. The lowest BCUT2D eigenvalue weighted by Gasteiger charge is -2.23. The minimum Gasteiger partial charge on any atom is -0.496 e. The molecule has 0 radical (unpaired) electrons. The molecule has 3 heterocycles. The number of rotatable bonds is 5. The third-order valence-corrected chi connectivity index (χ3v) is 6.29. The van der Waals surface area contributed by atoms with Gasteiger partial charge in [0.15, 0.2) is 0 Å². The molecule has 0 amide bonds. The molecule has 2 aromatic heterocycles. The Morgan fingerprint density at radius 1 is 1.13 bits per heavy atom. The van der Waals surface area contributed by atoms with Gasteiger partial charge in [0.25, 0.3) is 5.89 Å². The first-order chi connectivity index (χ1) is 14.8. The number of pyridine rings is 1. The van der Waals surface area contributed by atoms with Crippen LogP contribution in [0.1, 0.15) is 29.6 Å². The van der Waals surface area contributed by atoms with Gasteiger partial charge in [-0.2, -0.15) is 13.4 Å². The Labute approximate surface area is 180 Å². The van der Waals surface area contributed by atoms with Crippen molar-refractivity contribution in [3.63, 3.8) is 0 Å². The second-order valence-corrected chi connectivity index (χ2v) is 8.63. The van der Waals surface area contributed by atoms with Gasteiger partial charge in [-0.1, -0.05) is 35.5 Å². The number of aryl methyl sites for hydroxylation is 1. The first-order valence-corrected chi connectivity index (χ1v) is 10.9. The first-order valence-electron chi connectivity index (χ1n) is 9.49. The molecule has 1 aromatic carbocycles. The van der Waals surface area contributed by atoms with E-state index in [9.17, 15) is 8.42 Å². The normalized spacial score (nSPS) is 15.4. The molecule has 0 aliphatic carbocycles. The van der Waals surface area contributed by atoms with E-state index in [0.717, 1.165) is 21.0 Å². The van der Waals surface area contributed by atoms with E-state index in [1.807, 2.05) is 44.2 Å². The molecule has 0 unspecified atom stereocenters. The van der Waals surface area contributed by atoms with Crippen LogP contribution in [0.25, 0.3) is 17.0 Å². The van der Waals surface area contributed by atoms with Crippen LogP contribution >= 0.6 is 0 Å². The number of nitrogens with zero attached hydrogens (tertiary/aromatic N) is 5. The summed E-state index contributed by atoms with van der Waals surface area (Å²) in [6, 6.07) is 9.36. The van der Waals surface area contributed by atoms with Gasteiger partial charge in [-0.25, -0.2) is 0 Å². The lowest BCUT2D eigenvalue weighted by Crippen LogP contribution is -2.29. The minimum absolute atomic E-state index is 0.00916. The van der Waals surface area contributed by atoms with Crippen LogP contribution in [0.5, 0.6) is 5.75 Å². The Morgan fingerprint density at radius 3 is 2.58 bits per heavy atom. The van der Waals surface area contributed by atoms with Crippen molar-refractivity contribution in [2.24, 2.45) is 4.40 Å². The Hall–Kier alpha value is -3.53. The predicted octanol–water partition coefficient (Wildman–Crippen LogP) is 3.32. The first kappa shape index (κ1) is 20.7. The van der Waals surface area contributed by atoms with Crippen molar-refractivity contribution in [1.82, 2.24) is 19.4 Å². The van der Waals surface area contributed by atoms with E-state index in [-0.39, 0.29) is 18.1 Å². The molecule has 1 aliphatic rings. The molecule has 0 N–H and O–H groups in total. The van der Waals surface area contributed by atoms with E-state index in [1.54, 1.807) is 20.2 Å². The van der Waals surface area contributed by atoms with Gasteiger partial charge in [-0.15, -0.1) is 4.40 Å². The molecule has 160 valence electrons. The lowest BCUT2D eigenvalue weighted by molar-refractivity contribution is 0.404. The molecule has 0 saturated heterocycles. The number of hydrogen-bond donors (Lipinski definition) is 0. The molecular formula is C21H21N5O4S. The quantitative estimate of drug-likeness (QED) is 0.599. The fraction of sp³-hybridized carbons (Fsp3) is 0.238. The highest BCUT2D eigenvalue weighted by Gasteiger charge is 2.29. The molecule has 10 heteroatoms. The van der Waals surface area contributed by atoms with E-state index < -0.39 is 10.2 Å². The number of hydrogen-bond acceptors (Lipinski definition) is 7. The summed E-state index contributed by atoms with van der Waals surface area (Å²) in [7, 11) is -2.36. The highest BCUT2D eigenvalue weighted by molar-refractivity contribution is 7.88. The van der Waals surface area contributed by atoms with Crippen molar-refractivity contribution < 1.29 is 17.7 Å². The van der Waals surface area contributed by atoms with Crippen LogP contribution < -0.4 is 4.74 Å². The van der Waals surface area contributed by atoms with E-state index in [2.05, 4.69) is 19.5 Å². The van der Waals surface area contributed by atoms with Crippen LogP contribution in [0.2, 0.25) is 0 Å². The summed E-state index contributed by atoms with van der Waals surface area (Å²) in [5, 5.41) is 4.01. The molecule has 0 spiro atoms. The van der Waals surface area contributed by atoms with Gasteiger partial charge in [0.05, 0.1) is 30.6 Å². The fourth-order valence-corrected chi connectivity index (χ4v) is 4.40. The molecule has 4 rings (SSSR count). The largest absolute Gasteiger partial charge is 0.496 e. The number of benzene rings is 1. The SMILES string of the molecule is COc1c(C)cnc(CN2C=C(c3nc(-c4ccccc4)no3)C(C)=NS2(=O)=O)c1C. The molecule has 1 aliphatic heterocycles. The number of allylic oxidation sites excluding steroid dienone is 1. The van der Waals surface area contributed by atoms with Crippen molar-refractivity contribution in [3.05, 3.63) is 65.4 Å². The summed E-state index contributed by atoms with van der Waals surface area (Å²) in [5.74, 6) is 1.27.